The number of nitrogens with zero attached hydrogens (tertiary/aromatic N) is 1. The van der Waals surface area contributed by atoms with Crippen LogP contribution in [0.1, 0.15) is 38.2 Å². The topological polar surface area (TPSA) is 32.3 Å². The molecule has 0 unspecified atom stereocenters. The molecular formula is C15H21F3N2O. The number of nitrogens with one attached hydrogen (secondary N) is 1. The summed E-state index contributed by atoms with van der Waals surface area (Å²) in [5.74, 6) is -0.258. The number of hydrogen-bond donors (Lipinski definition) is 1. The molecule has 21 heavy (non-hydrogen) atoms. The number of benzene rings is 1. The summed E-state index contributed by atoms with van der Waals surface area (Å²) in [6.45, 7) is 2.02. The number of unbranched alkanes of at least 4 members (excludes halogenated alkanes) is 2. The average Bonchev–Trinajstić information content (AvgIpc) is 2.37. The van der Waals surface area contributed by atoms with Crippen molar-refractivity contribution < 1.29 is 18.0 Å². The molecule has 1 aromatic rings. The second-order valence-corrected chi connectivity index (χ2v) is 5.13. The molecule has 0 aliphatic heterocycles. The molecule has 0 atom stereocenters. The number of carbonyl (C=O) groups excluding carboxylic acids is 1. The molecule has 0 fully saturated rings. The van der Waals surface area contributed by atoms with Crippen LogP contribution in [0.25, 0.3) is 0 Å². The van der Waals surface area contributed by atoms with E-state index in [1.807, 2.05) is 6.92 Å². The molecule has 0 spiro atoms. The lowest BCUT2D eigenvalue weighted by molar-refractivity contribution is -0.137. The van der Waals surface area contributed by atoms with Crippen LogP contribution in [0.5, 0.6) is 0 Å². The van der Waals surface area contributed by atoms with E-state index in [0.717, 1.165) is 31.4 Å². The van der Waals surface area contributed by atoms with Gasteiger partial charge in [-0.2, -0.15) is 13.2 Å². The van der Waals surface area contributed by atoms with E-state index in [0.29, 0.717) is 12.1 Å². The lowest BCUT2D eigenvalue weighted by Crippen LogP contribution is -2.17. The average molecular weight is 302 g/mol. The van der Waals surface area contributed by atoms with Crippen molar-refractivity contribution in [2.75, 3.05) is 24.3 Å². The monoisotopic (exact) mass is 302 g/mol. The van der Waals surface area contributed by atoms with E-state index in [1.54, 1.807) is 19.0 Å². The van der Waals surface area contributed by atoms with E-state index >= 15 is 0 Å². The Morgan fingerprint density at radius 1 is 1.24 bits per heavy atom. The number of carbonyl (C=O) groups is 1. The summed E-state index contributed by atoms with van der Waals surface area (Å²) in [6, 6.07) is 3.36. The van der Waals surface area contributed by atoms with E-state index in [2.05, 4.69) is 5.32 Å². The Kier molecular flexibility index (Phi) is 6.05. The smallest absolute Gasteiger partial charge is 0.376 e. The molecule has 3 nitrogen and oxygen atoms in total. The fourth-order valence-electron chi connectivity index (χ4n) is 1.95. The minimum Gasteiger partial charge on any atom is -0.376 e. The van der Waals surface area contributed by atoms with Crippen molar-refractivity contribution in [3.63, 3.8) is 0 Å². The normalized spacial score (nSPS) is 11.3. The number of anilines is 2. The van der Waals surface area contributed by atoms with Gasteiger partial charge in [-0.3, -0.25) is 4.79 Å². The number of rotatable bonds is 6. The summed E-state index contributed by atoms with van der Waals surface area (Å²) >= 11 is 0. The lowest BCUT2D eigenvalue weighted by Gasteiger charge is -2.19. The molecule has 118 valence electrons. The predicted octanol–water partition coefficient (Wildman–Crippen LogP) is 4.29. The van der Waals surface area contributed by atoms with Crippen LogP contribution in [0.2, 0.25) is 0 Å². The zero-order valence-corrected chi connectivity index (χ0v) is 12.5. The molecule has 0 aliphatic rings. The minimum absolute atomic E-state index is 0.191. The third-order valence-electron chi connectivity index (χ3n) is 3.09. The number of hydrogen-bond acceptors (Lipinski definition) is 2. The molecule has 1 N–H and O–H groups in total. The van der Waals surface area contributed by atoms with E-state index in [-0.39, 0.29) is 11.6 Å². The van der Waals surface area contributed by atoms with Crippen LogP contribution < -0.4 is 10.2 Å². The van der Waals surface area contributed by atoms with Gasteiger partial charge in [0.15, 0.2) is 0 Å². The lowest BCUT2D eigenvalue weighted by atomic mass is 10.1. The maximum absolute atomic E-state index is 12.8. The molecule has 6 heteroatoms. The summed E-state index contributed by atoms with van der Waals surface area (Å²) in [5, 5.41) is 2.58. The largest absolute Gasteiger partial charge is 0.416 e. The molecular weight excluding hydrogens is 281 g/mol. The molecule has 0 radical (unpaired) electrons. The summed E-state index contributed by atoms with van der Waals surface area (Å²) < 4.78 is 38.3. The van der Waals surface area contributed by atoms with Crippen molar-refractivity contribution in [2.24, 2.45) is 0 Å². The highest BCUT2D eigenvalue weighted by Crippen LogP contribution is 2.34. The first kappa shape index (κ1) is 17.3. The highest BCUT2D eigenvalue weighted by molar-refractivity contribution is 5.94. The Labute approximate surface area is 123 Å². The number of amides is 1. The second-order valence-electron chi connectivity index (χ2n) is 5.13. The van der Waals surface area contributed by atoms with Gasteiger partial charge in [-0.1, -0.05) is 19.8 Å². The van der Waals surface area contributed by atoms with Crippen LogP contribution in [-0.4, -0.2) is 20.0 Å². The van der Waals surface area contributed by atoms with E-state index in [4.69, 9.17) is 0 Å². The first-order chi connectivity index (χ1) is 9.75. The molecule has 1 aromatic carbocycles. The van der Waals surface area contributed by atoms with Gasteiger partial charge in [-0.15, -0.1) is 0 Å². The molecule has 0 heterocycles. The predicted molar refractivity (Wildman–Crippen MR) is 78.5 cm³/mol. The Hall–Kier alpha value is -1.72. The van der Waals surface area contributed by atoms with Gasteiger partial charge < -0.3 is 10.2 Å². The highest BCUT2D eigenvalue weighted by atomic mass is 19.4. The first-order valence-corrected chi connectivity index (χ1v) is 6.94. The van der Waals surface area contributed by atoms with Crippen molar-refractivity contribution in [1.82, 2.24) is 0 Å². The quantitative estimate of drug-likeness (QED) is 0.795. The molecule has 0 saturated carbocycles. The van der Waals surface area contributed by atoms with Gasteiger partial charge in [0.25, 0.3) is 0 Å². The maximum Gasteiger partial charge on any atom is 0.416 e. The standard InChI is InChI=1S/C15H21F3N2O/c1-4-5-6-7-14(21)19-12-10-11(15(16,17)18)8-9-13(12)20(2)3/h8-10H,4-7H2,1-3H3,(H,19,21). The summed E-state index contributed by atoms with van der Waals surface area (Å²) in [6.07, 6.45) is -1.46. The zero-order chi connectivity index (χ0) is 16.0. The third kappa shape index (κ3) is 5.28. The summed E-state index contributed by atoms with van der Waals surface area (Å²) in [4.78, 5) is 13.5. The fraction of sp³-hybridized carbons (Fsp3) is 0.533. The molecule has 0 saturated heterocycles. The zero-order valence-electron chi connectivity index (χ0n) is 12.5. The third-order valence-corrected chi connectivity index (χ3v) is 3.09. The molecule has 1 rings (SSSR count). The van der Waals surface area contributed by atoms with Gasteiger partial charge in [-0.05, 0) is 24.6 Å². The fourth-order valence-corrected chi connectivity index (χ4v) is 1.95. The van der Waals surface area contributed by atoms with Crippen LogP contribution in [0.15, 0.2) is 18.2 Å². The summed E-state index contributed by atoms with van der Waals surface area (Å²) in [5.41, 5.74) is -0.0277. The van der Waals surface area contributed by atoms with Crippen LogP contribution in [0, 0.1) is 0 Å². The van der Waals surface area contributed by atoms with Crippen molar-refractivity contribution in [2.45, 2.75) is 38.8 Å². The molecule has 0 bridgehead atoms. The van der Waals surface area contributed by atoms with Gasteiger partial charge in [0.05, 0.1) is 16.9 Å². The Morgan fingerprint density at radius 2 is 1.90 bits per heavy atom. The summed E-state index contributed by atoms with van der Waals surface area (Å²) in [7, 11) is 3.44. The van der Waals surface area contributed by atoms with Crippen LogP contribution >= 0.6 is 0 Å². The second kappa shape index (κ2) is 7.33. The van der Waals surface area contributed by atoms with Crippen LogP contribution in [0.3, 0.4) is 0 Å². The van der Waals surface area contributed by atoms with Gasteiger partial charge >= 0.3 is 6.18 Å². The SMILES string of the molecule is CCCCCC(=O)Nc1cc(C(F)(F)F)ccc1N(C)C. The van der Waals surface area contributed by atoms with E-state index in [9.17, 15) is 18.0 Å². The molecule has 0 aromatic heterocycles. The van der Waals surface area contributed by atoms with E-state index < -0.39 is 11.7 Å². The van der Waals surface area contributed by atoms with E-state index in [1.165, 1.54) is 6.07 Å². The van der Waals surface area contributed by atoms with Crippen molar-refractivity contribution in [3.8, 4) is 0 Å². The number of halogens is 3. The van der Waals surface area contributed by atoms with Gasteiger partial charge in [0, 0.05) is 20.5 Å². The highest BCUT2D eigenvalue weighted by Gasteiger charge is 2.31. The number of alkyl halides is 3. The Balaban J connectivity index is 2.93. The first-order valence-electron chi connectivity index (χ1n) is 6.94. The van der Waals surface area contributed by atoms with Gasteiger partial charge in [-0.25, -0.2) is 0 Å². The van der Waals surface area contributed by atoms with Crippen LogP contribution in [0.4, 0.5) is 24.5 Å². The Bertz CT molecular complexity index is 484. The molecule has 1 amide bonds. The van der Waals surface area contributed by atoms with Crippen molar-refractivity contribution in [1.29, 1.82) is 0 Å². The Morgan fingerprint density at radius 3 is 2.43 bits per heavy atom. The minimum atomic E-state index is -4.42. The van der Waals surface area contributed by atoms with Crippen molar-refractivity contribution >= 4 is 17.3 Å². The van der Waals surface area contributed by atoms with Crippen molar-refractivity contribution in [3.05, 3.63) is 23.8 Å². The van der Waals surface area contributed by atoms with Gasteiger partial charge in [0.1, 0.15) is 0 Å². The van der Waals surface area contributed by atoms with Gasteiger partial charge in [0.2, 0.25) is 5.91 Å². The maximum atomic E-state index is 12.8. The molecule has 0 aliphatic carbocycles. The van der Waals surface area contributed by atoms with Crippen LogP contribution in [-0.2, 0) is 11.0 Å².